The number of methoxy groups -OCH3 is 1. The number of amides is 3. The molecule has 10 heteroatoms. The summed E-state index contributed by atoms with van der Waals surface area (Å²) in [5.74, 6) is -0.451. The maximum Gasteiger partial charge on any atom is 0.325 e. The first-order valence-corrected chi connectivity index (χ1v) is 11.6. The highest BCUT2D eigenvalue weighted by Gasteiger charge is 2.24. The van der Waals surface area contributed by atoms with E-state index in [0.29, 0.717) is 5.82 Å². The van der Waals surface area contributed by atoms with Crippen LogP contribution in [0.15, 0.2) is 24.3 Å². The molecule has 0 fully saturated rings. The normalized spacial score (nSPS) is 11.2. The maximum absolute atomic E-state index is 13.0. The van der Waals surface area contributed by atoms with Crippen LogP contribution in [0, 0.1) is 13.8 Å². The number of benzene rings is 1. The average molecular weight is 488 g/mol. The van der Waals surface area contributed by atoms with Crippen molar-refractivity contribution in [1.29, 1.82) is 0 Å². The molecule has 1 aromatic carbocycles. The van der Waals surface area contributed by atoms with E-state index in [0.717, 1.165) is 22.5 Å². The molecular formula is C25H37N5O5. The summed E-state index contributed by atoms with van der Waals surface area (Å²) in [6.45, 7) is 11.9. The van der Waals surface area contributed by atoms with Crippen LogP contribution >= 0.6 is 0 Å². The zero-order chi connectivity index (χ0) is 26.2. The number of anilines is 1. The Morgan fingerprint density at radius 2 is 1.86 bits per heavy atom. The van der Waals surface area contributed by atoms with Gasteiger partial charge in [0.05, 0.1) is 24.6 Å². The predicted octanol–water partition coefficient (Wildman–Crippen LogP) is 2.95. The van der Waals surface area contributed by atoms with Gasteiger partial charge in [-0.3, -0.25) is 9.59 Å². The minimum atomic E-state index is -0.566. The lowest BCUT2D eigenvalue weighted by Crippen LogP contribution is -2.47. The Bertz CT molecular complexity index is 1040. The van der Waals surface area contributed by atoms with Crippen LogP contribution in [0.2, 0.25) is 0 Å². The molecule has 1 heterocycles. The molecule has 0 saturated carbocycles. The fourth-order valence-corrected chi connectivity index (χ4v) is 3.34. The van der Waals surface area contributed by atoms with E-state index in [1.54, 1.807) is 11.6 Å². The van der Waals surface area contributed by atoms with Crippen LogP contribution in [0.3, 0.4) is 0 Å². The molecule has 0 bridgehead atoms. The summed E-state index contributed by atoms with van der Waals surface area (Å²) in [7, 11) is 1.51. The van der Waals surface area contributed by atoms with Crippen molar-refractivity contribution >= 4 is 23.7 Å². The number of nitrogens with zero attached hydrogens (tertiary/aromatic N) is 3. The number of nitrogens with one attached hydrogen (secondary N) is 2. The third-order valence-corrected chi connectivity index (χ3v) is 5.20. The molecule has 0 saturated heterocycles. The molecule has 0 aliphatic carbocycles. The van der Waals surface area contributed by atoms with E-state index in [2.05, 4.69) is 16.7 Å². The van der Waals surface area contributed by atoms with Gasteiger partial charge < -0.3 is 25.0 Å². The average Bonchev–Trinajstić information content (AvgIpc) is 3.19. The highest BCUT2D eigenvalue weighted by atomic mass is 16.5. The summed E-state index contributed by atoms with van der Waals surface area (Å²) in [6, 6.07) is 7.29. The lowest BCUT2D eigenvalue weighted by Gasteiger charge is -2.22. The molecule has 0 aliphatic rings. The number of esters is 1. The largest absolute Gasteiger partial charge is 0.465 e. The molecule has 0 aliphatic heterocycles. The van der Waals surface area contributed by atoms with Gasteiger partial charge in [0.1, 0.15) is 18.9 Å². The van der Waals surface area contributed by atoms with Gasteiger partial charge in [-0.05, 0) is 32.4 Å². The summed E-state index contributed by atoms with van der Waals surface area (Å²) < 4.78 is 11.6. The maximum atomic E-state index is 13.0. The Kier molecular flexibility index (Phi) is 9.82. The van der Waals surface area contributed by atoms with Gasteiger partial charge in [-0.15, -0.1) is 0 Å². The van der Waals surface area contributed by atoms with E-state index in [4.69, 9.17) is 14.6 Å². The minimum absolute atomic E-state index is 0.169. The Labute approximate surface area is 207 Å². The molecular weight excluding hydrogens is 450 g/mol. The van der Waals surface area contributed by atoms with Gasteiger partial charge in [0.25, 0.3) is 0 Å². The summed E-state index contributed by atoms with van der Waals surface area (Å²) in [4.78, 5) is 38.5. The molecule has 0 spiro atoms. The summed E-state index contributed by atoms with van der Waals surface area (Å²) in [5, 5.41) is 10.1. The Balaban J connectivity index is 2.24. The number of urea groups is 1. The van der Waals surface area contributed by atoms with E-state index in [-0.39, 0.29) is 38.3 Å². The van der Waals surface area contributed by atoms with Crippen molar-refractivity contribution in [3.63, 3.8) is 0 Å². The number of aryl methyl sites for hydroxylation is 2. The molecule has 2 N–H and O–H groups in total. The molecule has 3 amide bonds. The topological polar surface area (TPSA) is 115 Å². The first kappa shape index (κ1) is 27.8. The van der Waals surface area contributed by atoms with Crippen LogP contribution < -0.4 is 10.6 Å². The van der Waals surface area contributed by atoms with E-state index >= 15 is 0 Å². The summed E-state index contributed by atoms with van der Waals surface area (Å²) in [5.41, 5.74) is 3.58. The number of aromatic nitrogens is 2. The molecule has 2 aromatic rings. The van der Waals surface area contributed by atoms with Crippen LogP contribution in [0.1, 0.15) is 44.5 Å². The molecule has 0 unspecified atom stereocenters. The molecule has 2 rings (SSSR count). The fourth-order valence-electron chi connectivity index (χ4n) is 3.34. The highest BCUT2D eigenvalue weighted by Crippen LogP contribution is 2.27. The van der Waals surface area contributed by atoms with Gasteiger partial charge in [-0.1, -0.05) is 38.5 Å². The third kappa shape index (κ3) is 8.10. The number of ether oxygens (including phenoxy) is 2. The Morgan fingerprint density at radius 3 is 2.46 bits per heavy atom. The van der Waals surface area contributed by atoms with Crippen LogP contribution in [0.25, 0.3) is 5.69 Å². The lowest BCUT2D eigenvalue weighted by atomic mass is 9.92. The smallest absolute Gasteiger partial charge is 0.325 e. The number of rotatable bonds is 10. The number of carbonyl (C=O) groups is 3. The van der Waals surface area contributed by atoms with Gasteiger partial charge in [0.2, 0.25) is 5.91 Å². The molecule has 192 valence electrons. The molecule has 10 nitrogen and oxygen atoms in total. The van der Waals surface area contributed by atoms with Crippen molar-refractivity contribution in [3.8, 4) is 5.69 Å². The van der Waals surface area contributed by atoms with E-state index in [1.165, 1.54) is 12.0 Å². The van der Waals surface area contributed by atoms with Gasteiger partial charge in [0, 0.05) is 25.1 Å². The molecule has 1 aromatic heterocycles. The third-order valence-electron chi connectivity index (χ3n) is 5.20. The second-order valence-electron chi connectivity index (χ2n) is 9.29. The van der Waals surface area contributed by atoms with Crippen LogP contribution in [0.5, 0.6) is 0 Å². The van der Waals surface area contributed by atoms with Crippen molar-refractivity contribution in [2.24, 2.45) is 0 Å². The van der Waals surface area contributed by atoms with Crippen molar-refractivity contribution in [2.45, 2.75) is 47.0 Å². The SMILES string of the molecule is CCOC(=O)CNC(=O)N(CCOC)CC(=O)Nc1cc(C(C)(C)C)nn1-c1ccc(C)cc1C. The van der Waals surface area contributed by atoms with Crippen molar-refractivity contribution in [2.75, 3.05) is 45.3 Å². The molecule has 0 atom stereocenters. The first-order valence-electron chi connectivity index (χ1n) is 11.6. The van der Waals surface area contributed by atoms with Gasteiger partial charge in [-0.25, -0.2) is 9.48 Å². The van der Waals surface area contributed by atoms with E-state index < -0.39 is 17.9 Å². The predicted molar refractivity (Wildman–Crippen MR) is 134 cm³/mol. The lowest BCUT2D eigenvalue weighted by molar-refractivity contribution is -0.141. The zero-order valence-corrected chi connectivity index (χ0v) is 21.7. The monoisotopic (exact) mass is 487 g/mol. The second kappa shape index (κ2) is 12.3. The second-order valence-corrected chi connectivity index (χ2v) is 9.29. The number of carbonyl (C=O) groups excluding carboxylic acids is 3. The molecule has 35 heavy (non-hydrogen) atoms. The zero-order valence-electron chi connectivity index (χ0n) is 21.7. The highest BCUT2D eigenvalue weighted by molar-refractivity contribution is 5.94. The Morgan fingerprint density at radius 1 is 1.14 bits per heavy atom. The van der Waals surface area contributed by atoms with Crippen molar-refractivity contribution in [1.82, 2.24) is 20.0 Å². The number of hydrogen-bond acceptors (Lipinski definition) is 6. The van der Waals surface area contributed by atoms with Gasteiger partial charge in [-0.2, -0.15) is 5.10 Å². The standard InChI is InChI=1S/C25H37N5O5/c1-8-35-23(32)15-26-24(33)29(11-12-34-7)16-22(31)27-21-14-20(25(4,5)6)28-30(21)19-10-9-17(2)13-18(19)3/h9-10,13-14H,8,11-12,15-16H2,1-7H3,(H,26,33)(H,27,31). The van der Waals surface area contributed by atoms with Crippen molar-refractivity contribution < 1.29 is 23.9 Å². The van der Waals surface area contributed by atoms with Crippen molar-refractivity contribution in [3.05, 3.63) is 41.1 Å². The van der Waals surface area contributed by atoms with E-state index in [9.17, 15) is 14.4 Å². The summed E-state index contributed by atoms with van der Waals surface area (Å²) in [6.07, 6.45) is 0. The fraction of sp³-hybridized carbons (Fsp3) is 0.520. The number of hydrogen-bond donors (Lipinski definition) is 2. The minimum Gasteiger partial charge on any atom is -0.465 e. The quantitative estimate of drug-likeness (QED) is 0.498. The summed E-state index contributed by atoms with van der Waals surface area (Å²) >= 11 is 0. The Hall–Kier alpha value is -3.40. The van der Waals surface area contributed by atoms with Crippen LogP contribution in [-0.4, -0.2) is 72.5 Å². The van der Waals surface area contributed by atoms with Crippen LogP contribution in [-0.2, 0) is 24.5 Å². The van der Waals surface area contributed by atoms with Gasteiger partial charge in [0.15, 0.2) is 0 Å². The van der Waals surface area contributed by atoms with Crippen LogP contribution in [0.4, 0.5) is 10.6 Å². The van der Waals surface area contributed by atoms with Gasteiger partial charge >= 0.3 is 12.0 Å². The van der Waals surface area contributed by atoms with E-state index in [1.807, 2.05) is 52.8 Å². The first-order chi connectivity index (χ1) is 16.5. The molecule has 0 radical (unpaired) electrons.